The summed E-state index contributed by atoms with van der Waals surface area (Å²) in [6.45, 7) is 1.61. The van der Waals surface area contributed by atoms with Gasteiger partial charge in [0.25, 0.3) is 11.8 Å². The molecule has 1 aromatic carbocycles. The van der Waals surface area contributed by atoms with E-state index < -0.39 is 5.91 Å². The molecular formula is C17H16N4O3. The Balaban J connectivity index is 1.61. The summed E-state index contributed by atoms with van der Waals surface area (Å²) in [6.07, 6.45) is 3.43. The highest BCUT2D eigenvalue weighted by Crippen LogP contribution is 2.23. The molecule has 2 amide bonds. The fourth-order valence-corrected chi connectivity index (χ4v) is 3.18. The molecule has 4 rings (SSSR count). The predicted octanol–water partition coefficient (Wildman–Crippen LogP) is 1.74. The number of hydrogen-bond acceptors (Lipinski definition) is 3. The lowest BCUT2D eigenvalue weighted by Crippen LogP contribution is -2.37. The number of benzene rings is 1. The summed E-state index contributed by atoms with van der Waals surface area (Å²) >= 11 is 0. The molecule has 3 aromatic rings. The number of fused-ring (bicyclic) bond motifs is 2. The van der Waals surface area contributed by atoms with Crippen LogP contribution in [0.1, 0.15) is 26.4 Å². The Labute approximate surface area is 137 Å². The normalized spacial score (nSPS) is 13.8. The van der Waals surface area contributed by atoms with E-state index in [4.69, 9.17) is 5.21 Å². The van der Waals surface area contributed by atoms with Gasteiger partial charge in [0.15, 0.2) is 0 Å². The second kappa shape index (κ2) is 5.54. The van der Waals surface area contributed by atoms with Gasteiger partial charge in [0.05, 0.1) is 17.7 Å². The first-order valence-corrected chi connectivity index (χ1v) is 7.66. The minimum absolute atomic E-state index is 0.0342. The van der Waals surface area contributed by atoms with Gasteiger partial charge in [-0.2, -0.15) is 0 Å². The largest absolute Gasteiger partial charge is 0.360 e. The van der Waals surface area contributed by atoms with E-state index in [-0.39, 0.29) is 5.91 Å². The van der Waals surface area contributed by atoms with Crippen molar-refractivity contribution in [2.75, 3.05) is 6.54 Å². The number of amides is 2. The molecule has 0 saturated heterocycles. The van der Waals surface area contributed by atoms with Crippen LogP contribution in [0, 0.1) is 0 Å². The molecule has 3 heterocycles. The quantitative estimate of drug-likeness (QED) is 0.495. The Bertz CT molecular complexity index is 940. The number of aromatic nitrogens is 2. The first-order valence-electron chi connectivity index (χ1n) is 7.66. The molecule has 0 radical (unpaired) electrons. The van der Waals surface area contributed by atoms with Crippen molar-refractivity contribution >= 4 is 22.7 Å². The molecule has 2 aromatic heterocycles. The lowest BCUT2D eigenvalue weighted by Gasteiger charge is -2.28. The third-order valence-electron chi connectivity index (χ3n) is 4.42. The van der Waals surface area contributed by atoms with Gasteiger partial charge in [-0.15, -0.1) is 0 Å². The van der Waals surface area contributed by atoms with Crippen LogP contribution >= 0.6 is 0 Å². The molecule has 7 nitrogen and oxygen atoms in total. The molecule has 1 aliphatic heterocycles. The third-order valence-corrected chi connectivity index (χ3v) is 4.42. The molecule has 1 aliphatic rings. The van der Waals surface area contributed by atoms with Crippen LogP contribution in [0.4, 0.5) is 0 Å². The van der Waals surface area contributed by atoms with Gasteiger partial charge >= 0.3 is 0 Å². The van der Waals surface area contributed by atoms with Crippen LogP contribution in [0.3, 0.4) is 0 Å². The smallest absolute Gasteiger partial charge is 0.276 e. The van der Waals surface area contributed by atoms with Gasteiger partial charge < -0.3 is 14.5 Å². The molecular weight excluding hydrogens is 308 g/mol. The van der Waals surface area contributed by atoms with Gasteiger partial charge in [-0.1, -0.05) is 18.2 Å². The molecule has 0 fully saturated rings. The van der Waals surface area contributed by atoms with Crippen molar-refractivity contribution in [2.45, 2.75) is 13.1 Å². The van der Waals surface area contributed by atoms with Gasteiger partial charge in [0, 0.05) is 42.1 Å². The van der Waals surface area contributed by atoms with Crippen LogP contribution in [-0.2, 0) is 13.1 Å². The van der Waals surface area contributed by atoms with Gasteiger partial charge in [0.2, 0.25) is 0 Å². The average molecular weight is 324 g/mol. The van der Waals surface area contributed by atoms with Gasteiger partial charge in [0.1, 0.15) is 0 Å². The molecule has 3 N–H and O–H groups in total. The molecule has 0 saturated carbocycles. The number of nitrogens with zero attached hydrogens (tertiary/aromatic N) is 2. The molecule has 24 heavy (non-hydrogen) atoms. The highest BCUT2D eigenvalue weighted by Gasteiger charge is 2.25. The lowest BCUT2D eigenvalue weighted by atomic mass is 10.1. The molecule has 0 spiro atoms. The molecule has 0 atom stereocenters. The van der Waals surface area contributed by atoms with Crippen molar-refractivity contribution < 1.29 is 14.8 Å². The summed E-state index contributed by atoms with van der Waals surface area (Å²) < 4.78 is 1.93. The molecule has 0 aliphatic carbocycles. The van der Waals surface area contributed by atoms with Crippen LogP contribution in [0.15, 0.2) is 42.7 Å². The average Bonchev–Trinajstić information content (AvgIpc) is 3.23. The number of carbonyl (C=O) groups excluding carboxylic acids is 2. The standard InChI is InChI=1S/C17H16N4O3/c22-16(19-24)11-7-12-10-21(6-5-20(12)9-11)17(23)14-8-18-15-4-2-1-3-13(14)15/h1-4,7-9,18,24H,5-6,10H2,(H,19,22). The fourth-order valence-electron chi connectivity index (χ4n) is 3.18. The van der Waals surface area contributed by atoms with E-state index >= 15 is 0 Å². The Morgan fingerprint density at radius 2 is 2.04 bits per heavy atom. The second-order valence-corrected chi connectivity index (χ2v) is 5.83. The van der Waals surface area contributed by atoms with E-state index in [2.05, 4.69) is 4.98 Å². The van der Waals surface area contributed by atoms with Crippen LogP contribution in [0.2, 0.25) is 0 Å². The van der Waals surface area contributed by atoms with Crippen molar-refractivity contribution in [2.24, 2.45) is 0 Å². The van der Waals surface area contributed by atoms with Crippen molar-refractivity contribution in [3.8, 4) is 0 Å². The van der Waals surface area contributed by atoms with E-state index in [9.17, 15) is 9.59 Å². The van der Waals surface area contributed by atoms with E-state index in [1.807, 2.05) is 28.8 Å². The number of hydroxylamine groups is 1. The van der Waals surface area contributed by atoms with E-state index in [1.54, 1.807) is 28.8 Å². The van der Waals surface area contributed by atoms with Gasteiger partial charge in [-0.05, 0) is 12.1 Å². The van der Waals surface area contributed by atoms with Crippen LogP contribution in [0.5, 0.6) is 0 Å². The molecule has 7 heteroatoms. The highest BCUT2D eigenvalue weighted by atomic mass is 16.5. The molecule has 0 unspecified atom stereocenters. The van der Waals surface area contributed by atoms with Crippen molar-refractivity contribution in [1.82, 2.24) is 19.9 Å². The maximum absolute atomic E-state index is 12.9. The number of carbonyl (C=O) groups is 2. The number of nitrogens with one attached hydrogen (secondary N) is 2. The number of para-hydroxylation sites is 1. The zero-order valence-corrected chi connectivity index (χ0v) is 12.8. The Hall–Kier alpha value is -3.06. The summed E-state index contributed by atoms with van der Waals surface area (Å²) in [5, 5.41) is 9.64. The fraction of sp³-hybridized carbons (Fsp3) is 0.176. The number of rotatable bonds is 2. The van der Waals surface area contributed by atoms with Crippen LogP contribution in [0.25, 0.3) is 10.9 Å². The summed E-state index contributed by atoms with van der Waals surface area (Å²) in [6, 6.07) is 9.39. The highest BCUT2D eigenvalue weighted by molar-refractivity contribution is 6.06. The summed E-state index contributed by atoms with van der Waals surface area (Å²) in [4.78, 5) is 29.3. The molecule has 0 bridgehead atoms. The Kier molecular flexibility index (Phi) is 3.35. The summed E-state index contributed by atoms with van der Waals surface area (Å²) in [5.41, 5.74) is 4.47. The van der Waals surface area contributed by atoms with Gasteiger partial charge in [-0.3, -0.25) is 14.8 Å². The maximum atomic E-state index is 12.9. The summed E-state index contributed by atoms with van der Waals surface area (Å²) in [7, 11) is 0. The van der Waals surface area contributed by atoms with E-state index in [0.717, 1.165) is 16.6 Å². The topological polar surface area (TPSA) is 90.4 Å². The SMILES string of the molecule is O=C(NO)c1cc2n(c1)CCN(C(=O)c1c[nH]c3ccccc13)C2. The number of aromatic amines is 1. The Morgan fingerprint density at radius 3 is 2.88 bits per heavy atom. The third kappa shape index (κ3) is 2.26. The minimum atomic E-state index is -0.550. The van der Waals surface area contributed by atoms with Gasteiger partial charge in [-0.25, -0.2) is 5.48 Å². The zero-order valence-electron chi connectivity index (χ0n) is 12.8. The monoisotopic (exact) mass is 324 g/mol. The van der Waals surface area contributed by atoms with Crippen molar-refractivity contribution in [3.05, 3.63) is 59.5 Å². The predicted molar refractivity (Wildman–Crippen MR) is 86.7 cm³/mol. The first-order chi connectivity index (χ1) is 11.7. The first kappa shape index (κ1) is 14.5. The minimum Gasteiger partial charge on any atom is -0.360 e. The van der Waals surface area contributed by atoms with Crippen LogP contribution in [-0.4, -0.2) is 38.0 Å². The zero-order chi connectivity index (χ0) is 16.7. The van der Waals surface area contributed by atoms with Crippen molar-refractivity contribution in [1.29, 1.82) is 0 Å². The second-order valence-electron chi connectivity index (χ2n) is 5.83. The van der Waals surface area contributed by atoms with Crippen LogP contribution < -0.4 is 5.48 Å². The van der Waals surface area contributed by atoms with Crippen molar-refractivity contribution in [3.63, 3.8) is 0 Å². The summed E-state index contributed by atoms with van der Waals surface area (Å²) in [5.74, 6) is -0.584. The Morgan fingerprint density at radius 1 is 1.21 bits per heavy atom. The van der Waals surface area contributed by atoms with E-state index in [0.29, 0.717) is 30.8 Å². The lowest BCUT2D eigenvalue weighted by molar-refractivity contribution is 0.0702. The van der Waals surface area contributed by atoms with E-state index in [1.165, 1.54) is 0 Å². The number of H-pyrrole nitrogens is 1. The number of hydrogen-bond donors (Lipinski definition) is 3. The molecule has 122 valence electrons. The maximum Gasteiger partial charge on any atom is 0.276 e.